The highest BCUT2D eigenvalue weighted by atomic mass is 16.2. The van der Waals surface area contributed by atoms with Crippen molar-refractivity contribution in [3.8, 4) is 0 Å². The summed E-state index contributed by atoms with van der Waals surface area (Å²) in [5.41, 5.74) is 1.00. The molecule has 1 aromatic heterocycles. The first-order valence-electron chi connectivity index (χ1n) is 8.61. The zero-order valence-corrected chi connectivity index (χ0v) is 14.1. The summed E-state index contributed by atoms with van der Waals surface area (Å²) in [4.78, 5) is 30.6. The maximum Gasteiger partial charge on any atom is 0.225 e. The topological polar surface area (TPSA) is 62.3 Å². The molecule has 0 aliphatic carbocycles. The van der Waals surface area contributed by atoms with Gasteiger partial charge in [-0.2, -0.15) is 0 Å². The smallest absolute Gasteiger partial charge is 0.225 e. The summed E-state index contributed by atoms with van der Waals surface area (Å²) >= 11 is 0. The number of carbonyl (C=O) groups is 2. The molecule has 1 fully saturated rings. The van der Waals surface area contributed by atoms with Crippen LogP contribution in [-0.2, 0) is 16.1 Å². The third-order valence-corrected chi connectivity index (χ3v) is 4.70. The van der Waals surface area contributed by atoms with Gasteiger partial charge in [-0.3, -0.25) is 14.6 Å². The highest BCUT2D eigenvalue weighted by Crippen LogP contribution is 2.21. The summed E-state index contributed by atoms with van der Waals surface area (Å²) in [6, 6.07) is 3.81. The first kappa shape index (κ1) is 17.4. The number of amides is 2. The second-order valence-electron chi connectivity index (χ2n) is 6.19. The third kappa shape index (κ3) is 4.78. The van der Waals surface area contributed by atoms with Crippen LogP contribution in [-0.4, -0.2) is 34.8 Å². The summed E-state index contributed by atoms with van der Waals surface area (Å²) in [5, 5.41) is 2.98. The Kier molecular flexibility index (Phi) is 6.56. The number of hydrogen-bond donors (Lipinski definition) is 1. The van der Waals surface area contributed by atoms with Gasteiger partial charge in [-0.15, -0.1) is 0 Å². The molecule has 2 rings (SSSR count). The molecule has 0 radical (unpaired) electrons. The molecule has 1 saturated heterocycles. The predicted octanol–water partition coefficient (Wildman–Crippen LogP) is 2.37. The van der Waals surface area contributed by atoms with Crippen LogP contribution >= 0.6 is 0 Å². The maximum absolute atomic E-state index is 12.4. The van der Waals surface area contributed by atoms with Crippen molar-refractivity contribution in [2.24, 2.45) is 11.8 Å². The van der Waals surface area contributed by atoms with Crippen molar-refractivity contribution in [3.05, 3.63) is 30.1 Å². The van der Waals surface area contributed by atoms with E-state index in [0.29, 0.717) is 19.6 Å². The molecule has 1 N–H and O–H groups in total. The molecule has 2 amide bonds. The lowest BCUT2D eigenvalue weighted by Crippen LogP contribution is -2.44. The standard InChI is InChI=1S/C18H27N3O2/c1-3-15(4-2)18(23)21-10-7-16(8-11-21)17(22)20-13-14-6-5-9-19-12-14/h5-6,9,12,15-16H,3-4,7-8,10-11,13H2,1-2H3,(H,20,22). The van der Waals surface area contributed by atoms with Crippen LogP contribution in [0.25, 0.3) is 0 Å². The number of carbonyl (C=O) groups excluding carboxylic acids is 2. The van der Waals surface area contributed by atoms with Gasteiger partial charge in [0.1, 0.15) is 0 Å². The minimum Gasteiger partial charge on any atom is -0.352 e. The number of rotatable bonds is 6. The highest BCUT2D eigenvalue weighted by Gasteiger charge is 2.29. The zero-order valence-electron chi connectivity index (χ0n) is 14.1. The van der Waals surface area contributed by atoms with E-state index in [1.165, 1.54) is 0 Å². The zero-order chi connectivity index (χ0) is 16.7. The lowest BCUT2D eigenvalue weighted by molar-refractivity contribution is -0.139. The van der Waals surface area contributed by atoms with E-state index in [1.54, 1.807) is 12.4 Å². The van der Waals surface area contributed by atoms with Crippen LogP contribution in [0.15, 0.2) is 24.5 Å². The van der Waals surface area contributed by atoms with Gasteiger partial charge in [-0.05, 0) is 37.3 Å². The number of piperidine rings is 1. The molecule has 0 aromatic carbocycles. The first-order chi connectivity index (χ1) is 11.2. The molecule has 5 nitrogen and oxygen atoms in total. The van der Waals surface area contributed by atoms with Gasteiger partial charge >= 0.3 is 0 Å². The lowest BCUT2D eigenvalue weighted by atomic mass is 9.93. The molecule has 0 unspecified atom stereocenters. The molecule has 23 heavy (non-hydrogen) atoms. The van der Waals surface area contributed by atoms with E-state index in [-0.39, 0.29) is 23.7 Å². The van der Waals surface area contributed by atoms with Crippen LogP contribution in [0.3, 0.4) is 0 Å². The Labute approximate surface area is 138 Å². The summed E-state index contributed by atoms with van der Waals surface area (Å²) in [6.45, 7) is 6.02. The number of nitrogens with one attached hydrogen (secondary N) is 1. The van der Waals surface area contributed by atoms with Gasteiger partial charge in [0.2, 0.25) is 11.8 Å². The SMILES string of the molecule is CCC(CC)C(=O)N1CCC(C(=O)NCc2cccnc2)CC1. The second-order valence-corrected chi connectivity index (χ2v) is 6.19. The van der Waals surface area contributed by atoms with E-state index < -0.39 is 0 Å². The normalized spacial score (nSPS) is 15.7. The van der Waals surface area contributed by atoms with E-state index in [0.717, 1.165) is 31.2 Å². The Balaban J connectivity index is 1.77. The van der Waals surface area contributed by atoms with Crippen LogP contribution in [0.2, 0.25) is 0 Å². The molecular weight excluding hydrogens is 290 g/mol. The van der Waals surface area contributed by atoms with Crippen LogP contribution in [0.4, 0.5) is 0 Å². The molecule has 0 saturated carbocycles. The largest absolute Gasteiger partial charge is 0.352 e. The summed E-state index contributed by atoms with van der Waals surface area (Å²) in [5.74, 6) is 0.482. The Morgan fingerprint density at radius 3 is 2.57 bits per heavy atom. The Morgan fingerprint density at radius 1 is 1.30 bits per heavy atom. The predicted molar refractivity (Wildman–Crippen MR) is 89.5 cm³/mol. The Bertz CT molecular complexity index is 506. The van der Waals surface area contributed by atoms with E-state index in [9.17, 15) is 9.59 Å². The van der Waals surface area contributed by atoms with Crippen molar-refractivity contribution in [1.29, 1.82) is 0 Å². The summed E-state index contributed by atoms with van der Waals surface area (Å²) < 4.78 is 0. The Hall–Kier alpha value is -1.91. The molecule has 2 heterocycles. The van der Waals surface area contributed by atoms with Gasteiger partial charge in [0, 0.05) is 43.9 Å². The average Bonchev–Trinajstić information content (AvgIpc) is 2.61. The number of nitrogens with zero attached hydrogens (tertiary/aromatic N) is 2. The van der Waals surface area contributed by atoms with E-state index in [2.05, 4.69) is 24.1 Å². The number of aromatic nitrogens is 1. The van der Waals surface area contributed by atoms with Crippen LogP contribution in [0, 0.1) is 11.8 Å². The van der Waals surface area contributed by atoms with Crippen molar-refractivity contribution in [1.82, 2.24) is 15.2 Å². The van der Waals surface area contributed by atoms with Crippen molar-refractivity contribution in [2.75, 3.05) is 13.1 Å². The molecule has 1 aliphatic heterocycles. The van der Waals surface area contributed by atoms with Crippen molar-refractivity contribution in [2.45, 2.75) is 46.1 Å². The fraction of sp³-hybridized carbons (Fsp3) is 0.611. The van der Waals surface area contributed by atoms with E-state index in [1.807, 2.05) is 17.0 Å². The van der Waals surface area contributed by atoms with E-state index in [4.69, 9.17) is 0 Å². The minimum atomic E-state index is 0.0115. The third-order valence-electron chi connectivity index (χ3n) is 4.70. The second kappa shape index (κ2) is 8.65. The molecule has 1 aliphatic rings. The van der Waals surface area contributed by atoms with Crippen LogP contribution in [0.1, 0.15) is 45.1 Å². The summed E-state index contributed by atoms with van der Waals surface area (Å²) in [6.07, 6.45) is 6.77. The fourth-order valence-corrected chi connectivity index (χ4v) is 3.09. The minimum absolute atomic E-state index is 0.0115. The molecule has 126 valence electrons. The molecule has 5 heteroatoms. The Morgan fingerprint density at radius 2 is 2.00 bits per heavy atom. The number of pyridine rings is 1. The molecule has 0 bridgehead atoms. The first-order valence-corrected chi connectivity index (χ1v) is 8.61. The molecular formula is C18H27N3O2. The van der Waals surface area contributed by atoms with Gasteiger partial charge < -0.3 is 10.2 Å². The van der Waals surface area contributed by atoms with Crippen LogP contribution in [0.5, 0.6) is 0 Å². The number of hydrogen-bond acceptors (Lipinski definition) is 3. The van der Waals surface area contributed by atoms with Crippen molar-refractivity contribution >= 4 is 11.8 Å². The number of likely N-dealkylation sites (tertiary alicyclic amines) is 1. The average molecular weight is 317 g/mol. The van der Waals surface area contributed by atoms with Gasteiger partial charge in [0.25, 0.3) is 0 Å². The monoisotopic (exact) mass is 317 g/mol. The van der Waals surface area contributed by atoms with Crippen LogP contribution < -0.4 is 5.32 Å². The van der Waals surface area contributed by atoms with Gasteiger partial charge in [-0.1, -0.05) is 19.9 Å². The molecule has 1 aromatic rings. The molecule has 0 spiro atoms. The van der Waals surface area contributed by atoms with Crippen molar-refractivity contribution in [3.63, 3.8) is 0 Å². The van der Waals surface area contributed by atoms with E-state index >= 15 is 0 Å². The van der Waals surface area contributed by atoms with Crippen molar-refractivity contribution < 1.29 is 9.59 Å². The fourth-order valence-electron chi connectivity index (χ4n) is 3.09. The van der Waals surface area contributed by atoms with Gasteiger partial charge in [0.05, 0.1) is 0 Å². The molecule has 0 atom stereocenters. The van der Waals surface area contributed by atoms with Gasteiger partial charge in [0.15, 0.2) is 0 Å². The van der Waals surface area contributed by atoms with Gasteiger partial charge in [-0.25, -0.2) is 0 Å². The quantitative estimate of drug-likeness (QED) is 0.876. The maximum atomic E-state index is 12.4. The highest BCUT2D eigenvalue weighted by molar-refractivity contribution is 5.81. The summed E-state index contributed by atoms with van der Waals surface area (Å²) in [7, 11) is 0. The lowest BCUT2D eigenvalue weighted by Gasteiger charge is -2.33.